The number of anilines is 1. The Bertz CT molecular complexity index is 432. The van der Waals surface area contributed by atoms with E-state index in [9.17, 15) is 0 Å². The van der Waals surface area contributed by atoms with E-state index < -0.39 is 0 Å². The summed E-state index contributed by atoms with van der Waals surface area (Å²) in [6, 6.07) is 6.64. The van der Waals surface area contributed by atoms with Gasteiger partial charge in [-0.2, -0.15) is 0 Å². The highest BCUT2D eigenvalue weighted by atomic mass is 15.3. The molecule has 0 aromatic heterocycles. The highest BCUT2D eigenvalue weighted by molar-refractivity contribution is 5.54. The highest BCUT2D eigenvalue weighted by Gasteiger charge is 2.26. The molecule has 1 heterocycles. The van der Waals surface area contributed by atoms with Gasteiger partial charge in [0.05, 0.1) is 0 Å². The molecule has 2 aliphatic rings. The molecular formula is C16H25N3. The van der Waals surface area contributed by atoms with Crippen LogP contribution in [0.5, 0.6) is 0 Å². The van der Waals surface area contributed by atoms with Gasteiger partial charge in [0.25, 0.3) is 0 Å². The average Bonchev–Trinajstić information content (AvgIpc) is 3.24. The molecule has 1 aliphatic heterocycles. The predicted molar refractivity (Wildman–Crippen MR) is 80.4 cm³/mol. The number of nitrogens with two attached hydrogens (primary N) is 1. The first kappa shape index (κ1) is 12.9. The van der Waals surface area contributed by atoms with Gasteiger partial charge >= 0.3 is 0 Å². The number of benzene rings is 1. The summed E-state index contributed by atoms with van der Waals surface area (Å²) in [6.45, 7) is 8.93. The molecule has 1 aromatic rings. The number of aryl methyl sites for hydroxylation is 1. The molecule has 0 amide bonds. The molecule has 2 fully saturated rings. The summed E-state index contributed by atoms with van der Waals surface area (Å²) in [5.41, 5.74) is 9.68. The minimum atomic E-state index is 0.635. The Kier molecular flexibility index (Phi) is 3.76. The Labute approximate surface area is 116 Å². The van der Waals surface area contributed by atoms with Gasteiger partial charge < -0.3 is 10.6 Å². The average molecular weight is 259 g/mol. The van der Waals surface area contributed by atoms with Crippen LogP contribution in [0.3, 0.4) is 0 Å². The van der Waals surface area contributed by atoms with Crippen LogP contribution in [0.15, 0.2) is 18.2 Å². The second-order valence-corrected chi connectivity index (χ2v) is 6.06. The molecule has 0 radical (unpaired) electrons. The smallest absolute Gasteiger partial charge is 0.0397 e. The molecule has 1 aromatic carbocycles. The summed E-state index contributed by atoms with van der Waals surface area (Å²) in [5.74, 6) is 1.01. The van der Waals surface area contributed by atoms with E-state index in [4.69, 9.17) is 5.73 Å². The second kappa shape index (κ2) is 5.51. The molecule has 1 saturated carbocycles. The molecule has 0 atom stereocenters. The van der Waals surface area contributed by atoms with Gasteiger partial charge in [0.1, 0.15) is 0 Å². The van der Waals surface area contributed by atoms with Crippen LogP contribution in [-0.4, -0.2) is 37.6 Å². The molecule has 3 heteroatoms. The van der Waals surface area contributed by atoms with Crippen LogP contribution in [0.2, 0.25) is 0 Å². The van der Waals surface area contributed by atoms with E-state index in [1.54, 1.807) is 0 Å². The molecule has 2 N–H and O–H groups in total. The third-order valence-corrected chi connectivity index (χ3v) is 4.42. The van der Waals surface area contributed by atoms with Crippen LogP contribution in [0.4, 0.5) is 5.69 Å². The minimum absolute atomic E-state index is 0.635. The first-order chi connectivity index (χ1) is 9.26. The fourth-order valence-corrected chi connectivity index (χ4v) is 3.04. The number of piperazine rings is 1. The summed E-state index contributed by atoms with van der Waals surface area (Å²) in [7, 11) is 0. The van der Waals surface area contributed by atoms with Gasteiger partial charge in [0.15, 0.2) is 0 Å². The lowest BCUT2D eigenvalue weighted by Crippen LogP contribution is -2.47. The second-order valence-electron chi connectivity index (χ2n) is 6.06. The van der Waals surface area contributed by atoms with E-state index >= 15 is 0 Å². The van der Waals surface area contributed by atoms with Crippen molar-refractivity contribution in [2.45, 2.75) is 26.3 Å². The molecule has 0 spiro atoms. The van der Waals surface area contributed by atoms with Crippen LogP contribution in [0.1, 0.15) is 24.0 Å². The molecule has 104 valence electrons. The zero-order valence-corrected chi connectivity index (χ0v) is 11.9. The lowest BCUT2D eigenvalue weighted by atomic mass is 10.1. The zero-order valence-electron chi connectivity index (χ0n) is 11.9. The van der Waals surface area contributed by atoms with Gasteiger partial charge in [0, 0.05) is 45.0 Å². The van der Waals surface area contributed by atoms with Crippen LogP contribution in [-0.2, 0) is 6.54 Å². The van der Waals surface area contributed by atoms with Crippen molar-refractivity contribution < 1.29 is 0 Å². The van der Waals surface area contributed by atoms with E-state index in [-0.39, 0.29) is 0 Å². The molecule has 1 saturated heterocycles. The van der Waals surface area contributed by atoms with Gasteiger partial charge in [0.2, 0.25) is 0 Å². The standard InChI is InChI=1S/C16H25N3/c1-13-10-15(11-17)4-5-16(13)19-8-6-18(7-9-19)12-14-2-3-14/h4-5,10,14H,2-3,6-9,11-12,17H2,1H3. The Hall–Kier alpha value is -1.06. The van der Waals surface area contributed by atoms with Crippen molar-refractivity contribution >= 4 is 5.69 Å². The largest absolute Gasteiger partial charge is 0.369 e. The van der Waals surface area contributed by atoms with Crippen molar-refractivity contribution in [1.82, 2.24) is 4.90 Å². The molecule has 0 unspecified atom stereocenters. The summed E-state index contributed by atoms with van der Waals surface area (Å²) in [4.78, 5) is 5.16. The van der Waals surface area contributed by atoms with Crippen molar-refractivity contribution in [2.24, 2.45) is 11.7 Å². The Balaban J connectivity index is 1.60. The molecule has 19 heavy (non-hydrogen) atoms. The van der Waals surface area contributed by atoms with Gasteiger partial charge in [-0.05, 0) is 42.9 Å². The number of hydrogen-bond donors (Lipinski definition) is 1. The fourth-order valence-electron chi connectivity index (χ4n) is 3.04. The summed E-state index contributed by atoms with van der Waals surface area (Å²) >= 11 is 0. The van der Waals surface area contributed by atoms with Crippen molar-refractivity contribution in [2.75, 3.05) is 37.6 Å². The van der Waals surface area contributed by atoms with E-state index in [0.29, 0.717) is 6.54 Å². The first-order valence-electron chi connectivity index (χ1n) is 7.53. The predicted octanol–water partition coefficient (Wildman–Crippen LogP) is 1.99. The number of rotatable bonds is 4. The lowest BCUT2D eigenvalue weighted by Gasteiger charge is -2.37. The van der Waals surface area contributed by atoms with Crippen molar-refractivity contribution in [3.63, 3.8) is 0 Å². The first-order valence-corrected chi connectivity index (χ1v) is 7.53. The molecule has 1 aliphatic carbocycles. The quantitative estimate of drug-likeness (QED) is 0.897. The van der Waals surface area contributed by atoms with Gasteiger partial charge in [-0.1, -0.05) is 12.1 Å². The highest BCUT2D eigenvalue weighted by Crippen LogP contribution is 2.30. The van der Waals surface area contributed by atoms with Gasteiger partial charge in [-0.25, -0.2) is 0 Å². The van der Waals surface area contributed by atoms with Crippen LogP contribution in [0, 0.1) is 12.8 Å². The van der Waals surface area contributed by atoms with Crippen LogP contribution in [0.25, 0.3) is 0 Å². The summed E-state index contributed by atoms with van der Waals surface area (Å²) in [6.07, 6.45) is 2.92. The summed E-state index contributed by atoms with van der Waals surface area (Å²) < 4.78 is 0. The minimum Gasteiger partial charge on any atom is -0.369 e. The topological polar surface area (TPSA) is 32.5 Å². The molecule has 3 nitrogen and oxygen atoms in total. The zero-order chi connectivity index (χ0) is 13.2. The van der Waals surface area contributed by atoms with Crippen molar-refractivity contribution in [3.8, 4) is 0 Å². The van der Waals surface area contributed by atoms with Crippen molar-refractivity contribution in [3.05, 3.63) is 29.3 Å². The SMILES string of the molecule is Cc1cc(CN)ccc1N1CCN(CC2CC2)CC1. The summed E-state index contributed by atoms with van der Waals surface area (Å²) in [5, 5.41) is 0. The molecule has 3 rings (SSSR count). The van der Waals surface area contributed by atoms with Gasteiger partial charge in [-0.15, -0.1) is 0 Å². The molecule has 0 bridgehead atoms. The monoisotopic (exact) mass is 259 g/mol. The normalized spacial score (nSPS) is 20.8. The molecular weight excluding hydrogens is 234 g/mol. The maximum Gasteiger partial charge on any atom is 0.0397 e. The van der Waals surface area contributed by atoms with Crippen LogP contribution >= 0.6 is 0 Å². The fraction of sp³-hybridized carbons (Fsp3) is 0.625. The van der Waals surface area contributed by atoms with E-state index in [1.807, 2.05) is 0 Å². The lowest BCUT2D eigenvalue weighted by molar-refractivity contribution is 0.248. The van der Waals surface area contributed by atoms with E-state index in [0.717, 1.165) is 19.0 Å². The number of nitrogens with zero attached hydrogens (tertiary/aromatic N) is 2. The van der Waals surface area contributed by atoms with Crippen molar-refractivity contribution in [1.29, 1.82) is 0 Å². The third-order valence-electron chi connectivity index (χ3n) is 4.42. The Morgan fingerprint density at radius 2 is 1.89 bits per heavy atom. The van der Waals surface area contributed by atoms with Gasteiger partial charge in [-0.3, -0.25) is 4.90 Å². The number of hydrogen-bond acceptors (Lipinski definition) is 3. The Morgan fingerprint density at radius 1 is 1.16 bits per heavy atom. The van der Waals surface area contributed by atoms with E-state index in [2.05, 4.69) is 34.9 Å². The van der Waals surface area contributed by atoms with E-state index in [1.165, 1.54) is 49.3 Å². The Morgan fingerprint density at radius 3 is 2.47 bits per heavy atom. The maximum atomic E-state index is 5.70. The van der Waals surface area contributed by atoms with Crippen LogP contribution < -0.4 is 10.6 Å². The maximum absolute atomic E-state index is 5.70. The third kappa shape index (κ3) is 3.10.